The fourth-order valence-corrected chi connectivity index (χ4v) is 2.67. The van der Waals surface area contributed by atoms with Gasteiger partial charge in [-0.15, -0.1) is 0 Å². The molecule has 0 aliphatic carbocycles. The first kappa shape index (κ1) is 19.0. The van der Waals surface area contributed by atoms with Crippen molar-refractivity contribution >= 4 is 28.0 Å². The van der Waals surface area contributed by atoms with Gasteiger partial charge in [0.2, 0.25) is 0 Å². The molecule has 0 radical (unpaired) electrons. The van der Waals surface area contributed by atoms with Crippen LogP contribution in [0.3, 0.4) is 0 Å². The Morgan fingerprint density at radius 3 is 2.72 bits per heavy atom. The van der Waals surface area contributed by atoms with Crippen LogP contribution in [-0.2, 0) is 16.1 Å². The number of hydrogen-bond donors (Lipinski definition) is 0. The highest BCUT2D eigenvalue weighted by atomic mass is 79.9. The highest BCUT2D eigenvalue weighted by Crippen LogP contribution is 2.37. The molecule has 0 unspecified atom stereocenters. The molecular weight excluding hydrogens is 391 g/mol. The maximum Gasteiger partial charge on any atom is 0.330 e. The van der Waals surface area contributed by atoms with Crippen LogP contribution in [0.25, 0.3) is 6.08 Å². The van der Waals surface area contributed by atoms with Gasteiger partial charge in [0.05, 0.1) is 18.2 Å². The standard InChI is InChI=1S/C19H18BrFO4/c1-3-24-18(22)9-8-13-10-15(20)19(17(11-13)23-2)25-12-14-6-4-5-7-16(14)21/h4-11H,3,12H2,1-2H3/b9-8+. The Hall–Kier alpha value is -2.34. The van der Waals surface area contributed by atoms with Gasteiger partial charge >= 0.3 is 5.97 Å². The van der Waals surface area contributed by atoms with E-state index in [0.29, 0.717) is 28.1 Å². The third-order valence-corrected chi connectivity index (χ3v) is 3.87. The minimum atomic E-state index is -0.419. The van der Waals surface area contributed by atoms with E-state index in [0.717, 1.165) is 5.56 Å². The number of rotatable bonds is 7. The first-order valence-corrected chi connectivity index (χ1v) is 8.43. The van der Waals surface area contributed by atoms with Crippen LogP contribution < -0.4 is 9.47 Å². The molecule has 4 nitrogen and oxygen atoms in total. The molecule has 0 N–H and O–H groups in total. The number of carbonyl (C=O) groups is 1. The van der Waals surface area contributed by atoms with Crippen LogP contribution in [0.1, 0.15) is 18.1 Å². The lowest BCUT2D eigenvalue weighted by atomic mass is 10.2. The van der Waals surface area contributed by atoms with E-state index in [1.54, 1.807) is 43.3 Å². The lowest BCUT2D eigenvalue weighted by Crippen LogP contribution is -2.01. The second-order valence-corrected chi connectivity index (χ2v) is 5.85. The number of carbonyl (C=O) groups excluding carboxylic acids is 1. The van der Waals surface area contributed by atoms with Crippen LogP contribution in [0.5, 0.6) is 11.5 Å². The van der Waals surface area contributed by atoms with Gasteiger partial charge in [0.25, 0.3) is 0 Å². The number of esters is 1. The zero-order valence-corrected chi connectivity index (χ0v) is 15.5. The Morgan fingerprint density at radius 1 is 1.28 bits per heavy atom. The van der Waals surface area contributed by atoms with Crippen molar-refractivity contribution in [1.29, 1.82) is 0 Å². The number of hydrogen-bond acceptors (Lipinski definition) is 4. The number of halogens is 2. The van der Waals surface area contributed by atoms with E-state index >= 15 is 0 Å². The lowest BCUT2D eigenvalue weighted by molar-refractivity contribution is -0.137. The normalized spacial score (nSPS) is 10.7. The zero-order chi connectivity index (χ0) is 18.2. The summed E-state index contributed by atoms with van der Waals surface area (Å²) in [5.74, 6) is 0.178. The summed E-state index contributed by atoms with van der Waals surface area (Å²) in [7, 11) is 1.51. The number of benzene rings is 2. The van der Waals surface area contributed by atoms with Gasteiger partial charge in [-0.2, -0.15) is 0 Å². The van der Waals surface area contributed by atoms with E-state index < -0.39 is 5.97 Å². The topological polar surface area (TPSA) is 44.8 Å². The SMILES string of the molecule is CCOC(=O)/C=C/c1cc(Br)c(OCc2ccccc2F)c(OC)c1. The van der Waals surface area contributed by atoms with E-state index in [2.05, 4.69) is 15.9 Å². The summed E-state index contributed by atoms with van der Waals surface area (Å²) >= 11 is 3.42. The molecular formula is C19H18BrFO4. The summed E-state index contributed by atoms with van der Waals surface area (Å²) in [6.45, 7) is 2.13. The van der Waals surface area contributed by atoms with E-state index in [-0.39, 0.29) is 12.4 Å². The fraction of sp³-hybridized carbons (Fsp3) is 0.211. The van der Waals surface area contributed by atoms with Gasteiger partial charge in [-0.3, -0.25) is 0 Å². The van der Waals surface area contributed by atoms with Crippen LogP contribution in [0, 0.1) is 5.82 Å². The fourth-order valence-electron chi connectivity index (χ4n) is 2.10. The summed E-state index contributed by atoms with van der Waals surface area (Å²) in [6, 6.07) is 9.91. The average molecular weight is 409 g/mol. The minimum Gasteiger partial charge on any atom is -0.493 e. The first-order valence-electron chi connectivity index (χ1n) is 7.63. The Kier molecular flexibility index (Phi) is 7.01. The molecule has 0 aliphatic rings. The molecule has 0 aromatic heterocycles. The van der Waals surface area contributed by atoms with Crippen molar-refractivity contribution in [1.82, 2.24) is 0 Å². The number of ether oxygens (including phenoxy) is 3. The molecule has 2 aromatic carbocycles. The first-order chi connectivity index (χ1) is 12.0. The summed E-state index contributed by atoms with van der Waals surface area (Å²) < 4.78 is 30.2. The lowest BCUT2D eigenvalue weighted by Gasteiger charge is -2.14. The molecule has 25 heavy (non-hydrogen) atoms. The predicted molar refractivity (Wildman–Crippen MR) is 97.1 cm³/mol. The highest BCUT2D eigenvalue weighted by molar-refractivity contribution is 9.10. The van der Waals surface area contributed by atoms with E-state index in [9.17, 15) is 9.18 Å². The quantitative estimate of drug-likeness (QED) is 0.489. The predicted octanol–water partition coefficient (Wildman–Crippen LogP) is 4.75. The Bertz CT molecular complexity index is 774. The molecule has 0 saturated heterocycles. The van der Waals surface area contributed by atoms with Crippen LogP contribution in [0.15, 0.2) is 46.9 Å². The van der Waals surface area contributed by atoms with Crippen LogP contribution in [-0.4, -0.2) is 19.7 Å². The van der Waals surface area contributed by atoms with Gasteiger partial charge in [-0.05, 0) is 52.7 Å². The highest BCUT2D eigenvalue weighted by Gasteiger charge is 2.12. The van der Waals surface area contributed by atoms with E-state index in [1.807, 2.05) is 0 Å². The van der Waals surface area contributed by atoms with Crippen LogP contribution in [0.4, 0.5) is 4.39 Å². The maximum absolute atomic E-state index is 13.7. The zero-order valence-electron chi connectivity index (χ0n) is 13.9. The Labute approximate surface area is 154 Å². The third kappa shape index (κ3) is 5.32. The van der Waals surface area contributed by atoms with Crippen molar-refractivity contribution in [2.75, 3.05) is 13.7 Å². The summed E-state index contributed by atoms with van der Waals surface area (Å²) in [6.07, 6.45) is 2.95. The maximum atomic E-state index is 13.7. The Balaban J connectivity index is 2.19. The van der Waals surface area contributed by atoms with Crippen LogP contribution >= 0.6 is 15.9 Å². The molecule has 0 fully saturated rings. The van der Waals surface area contributed by atoms with E-state index in [1.165, 1.54) is 19.3 Å². The van der Waals surface area contributed by atoms with Crippen molar-refractivity contribution in [3.8, 4) is 11.5 Å². The van der Waals surface area contributed by atoms with Crippen LogP contribution in [0.2, 0.25) is 0 Å². The molecule has 0 saturated carbocycles. The molecule has 6 heteroatoms. The molecule has 0 amide bonds. The van der Waals surface area contributed by atoms with Gasteiger partial charge in [0.1, 0.15) is 12.4 Å². The average Bonchev–Trinajstić information content (AvgIpc) is 2.60. The third-order valence-electron chi connectivity index (χ3n) is 3.28. The van der Waals surface area contributed by atoms with Gasteiger partial charge < -0.3 is 14.2 Å². The van der Waals surface area contributed by atoms with Gasteiger partial charge in [0.15, 0.2) is 11.5 Å². The second-order valence-electron chi connectivity index (χ2n) is 5.00. The minimum absolute atomic E-state index is 0.0691. The molecule has 0 atom stereocenters. The molecule has 0 bridgehead atoms. The molecule has 0 heterocycles. The van der Waals surface area contributed by atoms with Crippen molar-refractivity contribution in [3.05, 3.63) is 63.9 Å². The Morgan fingerprint density at radius 2 is 2.04 bits per heavy atom. The van der Waals surface area contributed by atoms with E-state index in [4.69, 9.17) is 14.2 Å². The largest absolute Gasteiger partial charge is 0.493 e. The number of methoxy groups -OCH3 is 1. The van der Waals surface area contributed by atoms with Crippen molar-refractivity contribution in [2.24, 2.45) is 0 Å². The van der Waals surface area contributed by atoms with Gasteiger partial charge in [0, 0.05) is 11.6 Å². The summed E-state index contributed by atoms with van der Waals surface area (Å²) in [5.41, 5.74) is 1.18. The second kappa shape index (κ2) is 9.22. The molecule has 0 spiro atoms. The molecule has 2 aromatic rings. The molecule has 2 rings (SSSR count). The molecule has 0 aliphatic heterocycles. The van der Waals surface area contributed by atoms with Gasteiger partial charge in [-0.25, -0.2) is 9.18 Å². The smallest absolute Gasteiger partial charge is 0.330 e. The summed E-state index contributed by atoms with van der Waals surface area (Å²) in [4.78, 5) is 11.4. The van der Waals surface area contributed by atoms with Crippen molar-refractivity contribution in [2.45, 2.75) is 13.5 Å². The van der Waals surface area contributed by atoms with Crippen molar-refractivity contribution in [3.63, 3.8) is 0 Å². The summed E-state index contributed by atoms with van der Waals surface area (Å²) in [5, 5.41) is 0. The molecule has 132 valence electrons. The van der Waals surface area contributed by atoms with Gasteiger partial charge in [-0.1, -0.05) is 18.2 Å². The van der Waals surface area contributed by atoms with Crippen molar-refractivity contribution < 1.29 is 23.4 Å². The monoisotopic (exact) mass is 408 g/mol.